The van der Waals surface area contributed by atoms with E-state index in [0.29, 0.717) is 11.8 Å². The number of nitrogens with zero attached hydrogens (tertiary/aromatic N) is 4. The van der Waals surface area contributed by atoms with Gasteiger partial charge in [-0.2, -0.15) is 0 Å². The number of hydrogen-bond acceptors (Lipinski definition) is 6. The van der Waals surface area contributed by atoms with Gasteiger partial charge in [0, 0.05) is 32.2 Å². The van der Waals surface area contributed by atoms with Crippen LogP contribution in [0.2, 0.25) is 0 Å². The number of thioether (sulfide) groups is 1. The van der Waals surface area contributed by atoms with Gasteiger partial charge in [0.1, 0.15) is 12.1 Å². The van der Waals surface area contributed by atoms with Gasteiger partial charge in [-0.3, -0.25) is 0 Å². The number of halogens is 1. The van der Waals surface area contributed by atoms with E-state index in [2.05, 4.69) is 25.1 Å². The number of nitrogens with one attached hydrogen (secondary N) is 1. The van der Waals surface area contributed by atoms with Crippen molar-refractivity contribution in [2.75, 3.05) is 13.1 Å². The zero-order valence-corrected chi connectivity index (χ0v) is 13.8. The normalized spacial score (nSPS) is 18.5. The lowest BCUT2D eigenvalue weighted by Crippen LogP contribution is -2.29. The highest BCUT2D eigenvalue weighted by atomic mass is 35.5. The Morgan fingerprint density at radius 2 is 2.33 bits per heavy atom. The molecule has 0 aliphatic carbocycles. The van der Waals surface area contributed by atoms with E-state index in [1.54, 1.807) is 18.0 Å². The fourth-order valence-corrected chi connectivity index (χ4v) is 3.29. The van der Waals surface area contributed by atoms with Crippen LogP contribution in [0.1, 0.15) is 36.2 Å². The third-order valence-corrected chi connectivity index (χ3v) is 4.60. The van der Waals surface area contributed by atoms with Crippen LogP contribution in [-0.4, -0.2) is 32.8 Å². The summed E-state index contributed by atoms with van der Waals surface area (Å²) in [6, 6.07) is 0. The quantitative estimate of drug-likeness (QED) is 0.868. The largest absolute Gasteiger partial charge is 0.449 e. The molecule has 1 fully saturated rings. The molecule has 8 heteroatoms. The summed E-state index contributed by atoms with van der Waals surface area (Å²) in [5.74, 6) is 3.01. The van der Waals surface area contributed by atoms with Crippen LogP contribution in [-0.2, 0) is 12.8 Å². The van der Waals surface area contributed by atoms with Crippen molar-refractivity contribution < 1.29 is 4.42 Å². The van der Waals surface area contributed by atoms with E-state index < -0.39 is 0 Å². The number of aryl methyl sites for hydroxylation is 1. The van der Waals surface area contributed by atoms with Gasteiger partial charge in [-0.1, -0.05) is 11.8 Å². The molecule has 0 amide bonds. The van der Waals surface area contributed by atoms with Gasteiger partial charge in [-0.15, -0.1) is 22.6 Å². The summed E-state index contributed by atoms with van der Waals surface area (Å²) in [5.41, 5.74) is 0.941. The molecule has 1 aliphatic heterocycles. The molecule has 3 heterocycles. The van der Waals surface area contributed by atoms with Crippen LogP contribution in [0.15, 0.2) is 15.8 Å². The summed E-state index contributed by atoms with van der Waals surface area (Å²) in [7, 11) is 2.04. The van der Waals surface area contributed by atoms with Crippen molar-refractivity contribution in [1.82, 2.24) is 25.1 Å². The molecule has 2 aromatic rings. The molecule has 1 N–H and O–H groups in total. The minimum atomic E-state index is 0. The molecule has 1 atom stereocenters. The molecule has 3 rings (SSSR count). The summed E-state index contributed by atoms with van der Waals surface area (Å²) < 4.78 is 7.31. The molecule has 0 spiro atoms. The van der Waals surface area contributed by atoms with Crippen molar-refractivity contribution >= 4 is 24.2 Å². The van der Waals surface area contributed by atoms with Crippen LogP contribution < -0.4 is 5.32 Å². The maximum Gasteiger partial charge on any atom is 0.191 e. The molecule has 1 aliphatic rings. The Morgan fingerprint density at radius 1 is 1.48 bits per heavy atom. The van der Waals surface area contributed by atoms with Gasteiger partial charge >= 0.3 is 0 Å². The second kappa shape index (κ2) is 7.29. The smallest absolute Gasteiger partial charge is 0.191 e. The van der Waals surface area contributed by atoms with E-state index in [1.807, 2.05) is 14.0 Å². The van der Waals surface area contributed by atoms with Gasteiger partial charge in [0.05, 0.1) is 5.69 Å². The highest BCUT2D eigenvalue weighted by Crippen LogP contribution is 2.26. The maximum atomic E-state index is 5.21. The van der Waals surface area contributed by atoms with Crippen LogP contribution in [0.3, 0.4) is 0 Å². The van der Waals surface area contributed by atoms with E-state index >= 15 is 0 Å². The van der Waals surface area contributed by atoms with Gasteiger partial charge in [0.15, 0.2) is 11.0 Å². The highest BCUT2D eigenvalue weighted by molar-refractivity contribution is 7.98. The van der Waals surface area contributed by atoms with Crippen molar-refractivity contribution in [2.45, 2.75) is 36.6 Å². The summed E-state index contributed by atoms with van der Waals surface area (Å²) in [4.78, 5) is 4.30. The molecule has 6 nitrogen and oxygen atoms in total. The first kappa shape index (κ1) is 16.3. The standard InChI is InChI=1S/C13H19N5OS.ClH/c1-9-15-11(7-19-9)8-20-13-17-16-12(18(13)2)10-4-3-5-14-6-10;/h7,10,14H,3-6,8H2,1-2H3;1H. The summed E-state index contributed by atoms with van der Waals surface area (Å²) in [6.45, 7) is 3.96. The average molecular weight is 330 g/mol. The lowest BCUT2D eigenvalue weighted by molar-refractivity contribution is 0.436. The van der Waals surface area contributed by atoms with E-state index in [9.17, 15) is 0 Å². The predicted octanol–water partition coefficient (Wildman–Crippen LogP) is 2.29. The van der Waals surface area contributed by atoms with Gasteiger partial charge in [-0.05, 0) is 19.4 Å². The Labute approximate surface area is 134 Å². The molecule has 0 radical (unpaired) electrons. The SMILES string of the molecule is Cc1nc(CSc2nnc(C3CCCNC3)n2C)co1.Cl. The molecule has 116 valence electrons. The number of hydrogen-bond donors (Lipinski definition) is 1. The van der Waals surface area contributed by atoms with E-state index in [0.717, 1.165) is 35.5 Å². The zero-order chi connectivity index (χ0) is 13.9. The number of oxazole rings is 1. The predicted molar refractivity (Wildman–Crippen MR) is 83.9 cm³/mol. The van der Waals surface area contributed by atoms with Gasteiger partial charge in [0.2, 0.25) is 0 Å². The maximum absolute atomic E-state index is 5.21. The van der Waals surface area contributed by atoms with Crippen LogP contribution in [0, 0.1) is 6.92 Å². The van der Waals surface area contributed by atoms with Crippen molar-refractivity contribution in [3.05, 3.63) is 23.7 Å². The average Bonchev–Trinajstić information content (AvgIpc) is 3.04. The Balaban J connectivity index is 0.00000161. The Kier molecular flexibility index (Phi) is 5.66. The minimum absolute atomic E-state index is 0. The second-order valence-electron chi connectivity index (χ2n) is 5.09. The van der Waals surface area contributed by atoms with E-state index in [1.165, 1.54) is 12.8 Å². The summed E-state index contributed by atoms with van der Waals surface area (Å²) in [5, 5.41) is 13.0. The van der Waals surface area contributed by atoms with E-state index in [-0.39, 0.29) is 12.4 Å². The fraction of sp³-hybridized carbons (Fsp3) is 0.615. The van der Waals surface area contributed by atoms with Crippen LogP contribution in [0.25, 0.3) is 0 Å². The minimum Gasteiger partial charge on any atom is -0.449 e. The van der Waals surface area contributed by atoms with Crippen molar-refractivity contribution in [3.8, 4) is 0 Å². The lowest BCUT2D eigenvalue weighted by Gasteiger charge is -2.21. The number of rotatable bonds is 4. The number of aromatic nitrogens is 4. The molecule has 0 saturated carbocycles. The molecule has 21 heavy (non-hydrogen) atoms. The summed E-state index contributed by atoms with van der Waals surface area (Å²) in [6.07, 6.45) is 4.09. The van der Waals surface area contributed by atoms with Crippen molar-refractivity contribution in [2.24, 2.45) is 7.05 Å². The van der Waals surface area contributed by atoms with Crippen LogP contribution >= 0.6 is 24.2 Å². The Morgan fingerprint density at radius 3 is 3.00 bits per heavy atom. The molecule has 0 bridgehead atoms. The van der Waals surface area contributed by atoms with Crippen LogP contribution in [0.5, 0.6) is 0 Å². The zero-order valence-electron chi connectivity index (χ0n) is 12.2. The molecule has 2 aromatic heterocycles. The van der Waals surface area contributed by atoms with Crippen molar-refractivity contribution in [3.63, 3.8) is 0 Å². The Hall–Kier alpha value is -1.05. The molecule has 0 aromatic carbocycles. The van der Waals surface area contributed by atoms with Gasteiger partial charge in [0.25, 0.3) is 0 Å². The Bertz CT molecular complexity index is 579. The third-order valence-electron chi connectivity index (χ3n) is 3.55. The topological polar surface area (TPSA) is 68.8 Å². The van der Waals surface area contributed by atoms with E-state index in [4.69, 9.17) is 4.42 Å². The first-order chi connectivity index (χ1) is 9.74. The summed E-state index contributed by atoms with van der Waals surface area (Å²) >= 11 is 1.64. The molecule has 1 saturated heterocycles. The highest BCUT2D eigenvalue weighted by Gasteiger charge is 2.21. The second-order valence-corrected chi connectivity index (χ2v) is 6.03. The molecule has 1 unspecified atom stereocenters. The fourth-order valence-electron chi connectivity index (χ4n) is 2.49. The molecular weight excluding hydrogens is 310 g/mol. The number of piperidine rings is 1. The van der Waals surface area contributed by atoms with Gasteiger partial charge in [-0.25, -0.2) is 4.98 Å². The van der Waals surface area contributed by atoms with Crippen molar-refractivity contribution in [1.29, 1.82) is 0 Å². The lowest BCUT2D eigenvalue weighted by atomic mass is 9.99. The first-order valence-electron chi connectivity index (χ1n) is 6.88. The van der Waals surface area contributed by atoms with Crippen LogP contribution in [0.4, 0.5) is 0 Å². The van der Waals surface area contributed by atoms with Gasteiger partial charge < -0.3 is 14.3 Å². The first-order valence-corrected chi connectivity index (χ1v) is 7.86. The molecular formula is C13H20ClN5OS. The monoisotopic (exact) mass is 329 g/mol. The third kappa shape index (κ3) is 3.78.